The van der Waals surface area contributed by atoms with Gasteiger partial charge < -0.3 is 10.3 Å². The highest BCUT2D eigenvalue weighted by atomic mass is 35.5. The molecular formula is C21H17ClN2OS. The molecule has 0 spiro atoms. The third kappa shape index (κ3) is 3.39. The predicted molar refractivity (Wildman–Crippen MR) is 109 cm³/mol. The molecule has 0 atom stereocenters. The van der Waals surface area contributed by atoms with E-state index in [2.05, 4.69) is 15.7 Å². The average Bonchev–Trinajstić information content (AvgIpc) is 3.32. The molecule has 0 saturated heterocycles. The number of rotatable bonds is 5. The summed E-state index contributed by atoms with van der Waals surface area (Å²) in [5, 5.41) is 8.93. The highest BCUT2D eigenvalue weighted by molar-refractivity contribution is 7.08. The van der Waals surface area contributed by atoms with E-state index in [1.165, 1.54) is 0 Å². The molecule has 5 heteroatoms. The molecule has 0 bridgehead atoms. The van der Waals surface area contributed by atoms with E-state index in [1.54, 1.807) is 11.3 Å². The van der Waals surface area contributed by atoms with Crippen LogP contribution in [0.25, 0.3) is 22.0 Å². The van der Waals surface area contributed by atoms with Crippen LogP contribution in [0, 0.1) is 0 Å². The normalized spacial score (nSPS) is 11.0. The molecule has 2 aromatic carbocycles. The van der Waals surface area contributed by atoms with E-state index in [1.807, 2.05) is 60.1 Å². The van der Waals surface area contributed by atoms with Crippen LogP contribution in [0.15, 0.2) is 65.5 Å². The highest BCUT2D eigenvalue weighted by Crippen LogP contribution is 2.26. The first-order chi connectivity index (χ1) is 12.7. The average molecular weight is 381 g/mol. The minimum absolute atomic E-state index is 0.0512. The number of aromatic amines is 1. The molecule has 2 N–H and O–H groups in total. The van der Waals surface area contributed by atoms with Crippen molar-refractivity contribution in [1.82, 2.24) is 10.3 Å². The molecule has 4 aromatic rings. The van der Waals surface area contributed by atoms with Crippen molar-refractivity contribution in [3.63, 3.8) is 0 Å². The molecule has 130 valence electrons. The van der Waals surface area contributed by atoms with Crippen LogP contribution in [-0.4, -0.2) is 17.4 Å². The van der Waals surface area contributed by atoms with E-state index in [0.717, 1.165) is 34.0 Å². The second-order valence-electron chi connectivity index (χ2n) is 6.07. The monoisotopic (exact) mass is 380 g/mol. The quantitative estimate of drug-likeness (QED) is 0.470. The summed E-state index contributed by atoms with van der Waals surface area (Å²) < 4.78 is 0. The number of fused-ring (bicyclic) bond motifs is 1. The Kier molecular flexibility index (Phi) is 4.78. The Labute approximate surface area is 160 Å². The molecule has 0 radical (unpaired) electrons. The Hall–Kier alpha value is -2.56. The van der Waals surface area contributed by atoms with Crippen molar-refractivity contribution in [1.29, 1.82) is 0 Å². The minimum Gasteiger partial charge on any atom is -0.361 e. The molecule has 3 nitrogen and oxygen atoms in total. The number of halogens is 1. The molecule has 26 heavy (non-hydrogen) atoms. The predicted octanol–water partition coefficient (Wildman–Crippen LogP) is 5.52. The SMILES string of the molecule is O=C(NCCc1c[nH]c2ccc(Cl)cc12)c1ccccc1-c1ccsc1. The van der Waals surface area contributed by atoms with Crippen molar-refractivity contribution in [3.8, 4) is 11.1 Å². The van der Waals surface area contributed by atoms with Gasteiger partial charge in [-0.15, -0.1) is 0 Å². The van der Waals surface area contributed by atoms with Gasteiger partial charge in [-0.2, -0.15) is 11.3 Å². The van der Waals surface area contributed by atoms with Gasteiger partial charge in [0.1, 0.15) is 0 Å². The van der Waals surface area contributed by atoms with Crippen LogP contribution in [0.5, 0.6) is 0 Å². The third-order valence-electron chi connectivity index (χ3n) is 4.41. The van der Waals surface area contributed by atoms with E-state index in [-0.39, 0.29) is 5.91 Å². The zero-order chi connectivity index (χ0) is 17.9. The van der Waals surface area contributed by atoms with Crippen molar-refractivity contribution in [3.05, 3.63) is 81.6 Å². The topological polar surface area (TPSA) is 44.9 Å². The molecule has 1 amide bonds. The molecule has 0 aliphatic heterocycles. The van der Waals surface area contributed by atoms with E-state index in [0.29, 0.717) is 17.1 Å². The zero-order valence-electron chi connectivity index (χ0n) is 14.0. The number of aromatic nitrogens is 1. The number of carbonyl (C=O) groups is 1. The highest BCUT2D eigenvalue weighted by Gasteiger charge is 2.12. The van der Waals surface area contributed by atoms with Gasteiger partial charge in [0.05, 0.1) is 0 Å². The van der Waals surface area contributed by atoms with Crippen LogP contribution in [-0.2, 0) is 6.42 Å². The van der Waals surface area contributed by atoms with Crippen molar-refractivity contribution < 1.29 is 4.79 Å². The van der Waals surface area contributed by atoms with Crippen molar-refractivity contribution >= 4 is 39.7 Å². The Morgan fingerprint density at radius 2 is 2.04 bits per heavy atom. The first-order valence-corrected chi connectivity index (χ1v) is 9.70. The van der Waals surface area contributed by atoms with E-state index < -0.39 is 0 Å². The molecule has 2 heterocycles. The number of hydrogen-bond donors (Lipinski definition) is 2. The standard InChI is InChI=1S/C21H17ClN2OS/c22-16-5-6-20-19(11-16)14(12-24-20)7-9-23-21(25)18-4-2-1-3-17(18)15-8-10-26-13-15/h1-6,8,10-13,24H,7,9H2,(H,23,25). The van der Waals surface area contributed by atoms with Gasteiger partial charge in [-0.3, -0.25) is 4.79 Å². The third-order valence-corrected chi connectivity index (χ3v) is 5.33. The lowest BCUT2D eigenvalue weighted by molar-refractivity contribution is 0.0955. The second-order valence-corrected chi connectivity index (χ2v) is 7.28. The number of amides is 1. The fourth-order valence-corrected chi connectivity index (χ4v) is 3.94. The Morgan fingerprint density at radius 1 is 1.15 bits per heavy atom. The smallest absolute Gasteiger partial charge is 0.251 e. The Bertz CT molecular complexity index is 1050. The molecule has 0 fully saturated rings. The summed E-state index contributed by atoms with van der Waals surface area (Å²) in [6, 6.07) is 15.5. The first kappa shape index (κ1) is 16.9. The molecular weight excluding hydrogens is 364 g/mol. The summed E-state index contributed by atoms with van der Waals surface area (Å²) in [6.07, 6.45) is 2.72. The number of nitrogens with one attached hydrogen (secondary N) is 2. The van der Waals surface area contributed by atoms with Crippen LogP contribution in [0.3, 0.4) is 0 Å². The fraction of sp³-hybridized carbons (Fsp3) is 0.0952. The maximum absolute atomic E-state index is 12.7. The van der Waals surface area contributed by atoms with Crippen LogP contribution >= 0.6 is 22.9 Å². The van der Waals surface area contributed by atoms with Gasteiger partial charge in [0, 0.05) is 34.2 Å². The summed E-state index contributed by atoms with van der Waals surface area (Å²) in [6.45, 7) is 0.566. The van der Waals surface area contributed by atoms with E-state index >= 15 is 0 Å². The minimum atomic E-state index is -0.0512. The summed E-state index contributed by atoms with van der Waals surface area (Å²) >= 11 is 7.72. The maximum Gasteiger partial charge on any atom is 0.251 e. The van der Waals surface area contributed by atoms with Gasteiger partial charge >= 0.3 is 0 Å². The lowest BCUT2D eigenvalue weighted by atomic mass is 10.0. The Morgan fingerprint density at radius 3 is 2.88 bits per heavy atom. The van der Waals surface area contributed by atoms with Crippen LogP contribution in [0.1, 0.15) is 15.9 Å². The second kappa shape index (κ2) is 7.36. The van der Waals surface area contributed by atoms with Gasteiger partial charge in [0.15, 0.2) is 0 Å². The van der Waals surface area contributed by atoms with Crippen LogP contribution < -0.4 is 5.32 Å². The van der Waals surface area contributed by atoms with Gasteiger partial charge in [0.25, 0.3) is 5.91 Å². The molecule has 0 aliphatic rings. The summed E-state index contributed by atoms with van der Waals surface area (Å²) in [5.41, 5.74) is 4.94. The Balaban J connectivity index is 1.47. The first-order valence-electron chi connectivity index (χ1n) is 8.38. The molecule has 0 aliphatic carbocycles. The summed E-state index contributed by atoms with van der Waals surface area (Å²) in [5.74, 6) is -0.0512. The van der Waals surface area contributed by atoms with Gasteiger partial charge in [-0.05, 0) is 64.2 Å². The van der Waals surface area contributed by atoms with E-state index in [9.17, 15) is 4.79 Å². The van der Waals surface area contributed by atoms with Gasteiger partial charge in [-0.1, -0.05) is 29.8 Å². The summed E-state index contributed by atoms with van der Waals surface area (Å²) in [4.78, 5) is 15.9. The molecule has 4 rings (SSSR count). The summed E-state index contributed by atoms with van der Waals surface area (Å²) in [7, 11) is 0. The van der Waals surface area contributed by atoms with Crippen molar-refractivity contribution in [2.24, 2.45) is 0 Å². The largest absolute Gasteiger partial charge is 0.361 e. The molecule has 0 saturated carbocycles. The lowest BCUT2D eigenvalue weighted by Crippen LogP contribution is -2.26. The van der Waals surface area contributed by atoms with Crippen LogP contribution in [0.2, 0.25) is 5.02 Å². The van der Waals surface area contributed by atoms with Gasteiger partial charge in [0.2, 0.25) is 0 Å². The number of carbonyl (C=O) groups excluding carboxylic acids is 1. The molecule has 2 aromatic heterocycles. The number of thiophene rings is 1. The maximum atomic E-state index is 12.7. The molecule has 0 unspecified atom stereocenters. The number of hydrogen-bond acceptors (Lipinski definition) is 2. The van der Waals surface area contributed by atoms with Crippen molar-refractivity contribution in [2.75, 3.05) is 6.54 Å². The fourth-order valence-electron chi connectivity index (χ4n) is 3.11. The number of H-pyrrole nitrogens is 1. The lowest BCUT2D eigenvalue weighted by Gasteiger charge is -2.09. The van der Waals surface area contributed by atoms with E-state index in [4.69, 9.17) is 11.6 Å². The van der Waals surface area contributed by atoms with Crippen LogP contribution in [0.4, 0.5) is 0 Å². The van der Waals surface area contributed by atoms with Crippen molar-refractivity contribution in [2.45, 2.75) is 6.42 Å². The van der Waals surface area contributed by atoms with Gasteiger partial charge in [-0.25, -0.2) is 0 Å². The zero-order valence-corrected chi connectivity index (χ0v) is 15.5. The number of benzene rings is 2.